The fraction of sp³-hybridized carbons (Fsp3) is 0.280. The van der Waals surface area contributed by atoms with E-state index in [1.807, 2.05) is 36.5 Å². The van der Waals surface area contributed by atoms with Gasteiger partial charge in [-0.2, -0.15) is 0 Å². The highest BCUT2D eigenvalue weighted by molar-refractivity contribution is 14.1. The average molecular weight is 542 g/mol. The van der Waals surface area contributed by atoms with E-state index in [2.05, 4.69) is 54.8 Å². The van der Waals surface area contributed by atoms with Crippen LogP contribution in [-0.4, -0.2) is 41.5 Å². The summed E-state index contributed by atoms with van der Waals surface area (Å²) >= 11 is 2.28. The molecule has 5 rings (SSSR count). The summed E-state index contributed by atoms with van der Waals surface area (Å²) in [7, 11) is 0. The van der Waals surface area contributed by atoms with Crippen LogP contribution in [0.15, 0.2) is 60.8 Å². The van der Waals surface area contributed by atoms with E-state index in [1.165, 1.54) is 17.7 Å². The third kappa shape index (κ3) is 4.49. The number of amides is 1. The number of para-hydroxylation sites is 1. The lowest BCUT2D eigenvalue weighted by atomic mass is 10.0. The van der Waals surface area contributed by atoms with Gasteiger partial charge in [-0.3, -0.25) is 9.69 Å². The van der Waals surface area contributed by atoms with Gasteiger partial charge in [0.15, 0.2) is 0 Å². The quantitative estimate of drug-likeness (QED) is 0.478. The summed E-state index contributed by atoms with van der Waals surface area (Å²) in [5.74, 6) is 0.771. The molecule has 1 saturated heterocycles. The number of pyridine rings is 1. The molecule has 1 aromatic heterocycles. The molecule has 0 atom stereocenters. The molecule has 3 heterocycles. The van der Waals surface area contributed by atoms with Crippen molar-refractivity contribution in [3.63, 3.8) is 0 Å². The van der Waals surface area contributed by atoms with Crippen molar-refractivity contribution < 1.29 is 9.18 Å². The molecule has 2 aromatic carbocycles. The van der Waals surface area contributed by atoms with Crippen LogP contribution in [0, 0.1) is 9.39 Å². The first kappa shape index (κ1) is 21.3. The van der Waals surface area contributed by atoms with Gasteiger partial charge in [0.05, 0.1) is 6.54 Å². The van der Waals surface area contributed by atoms with E-state index in [0.717, 1.165) is 58.7 Å². The fourth-order valence-electron chi connectivity index (χ4n) is 4.60. The molecule has 0 saturated carbocycles. The summed E-state index contributed by atoms with van der Waals surface area (Å²) in [6.07, 6.45) is 3.85. The molecular formula is C25H24FIN4O. The number of piperidine rings is 1. The lowest BCUT2D eigenvalue weighted by Gasteiger charge is -2.38. The van der Waals surface area contributed by atoms with Crippen molar-refractivity contribution in [3.05, 3.63) is 75.7 Å². The van der Waals surface area contributed by atoms with Gasteiger partial charge in [0.2, 0.25) is 5.91 Å². The molecule has 5 nitrogen and oxygen atoms in total. The number of benzene rings is 2. The van der Waals surface area contributed by atoms with Crippen LogP contribution in [0.5, 0.6) is 0 Å². The maximum absolute atomic E-state index is 13.3. The largest absolute Gasteiger partial charge is 0.356 e. The highest BCUT2D eigenvalue weighted by Crippen LogP contribution is 2.31. The van der Waals surface area contributed by atoms with E-state index in [9.17, 15) is 9.18 Å². The molecule has 164 valence electrons. The van der Waals surface area contributed by atoms with Crippen LogP contribution in [0.3, 0.4) is 0 Å². The molecular weight excluding hydrogens is 518 g/mol. The SMILES string of the molecule is O=C1CN(C2CCN(c3cc(-c4ccc(F)cc4)c(I)cn3)CC2)Cc2ccccc2N1. The van der Waals surface area contributed by atoms with Crippen molar-refractivity contribution in [1.29, 1.82) is 0 Å². The highest BCUT2D eigenvalue weighted by Gasteiger charge is 2.29. The van der Waals surface area contributed by atoms with Gasteiger partial charge in [-0.15, -0.1) is 0 Å². The maximum atomic E-state index is 13.3. The second kappa shape index (κ2) is 9.15. The monoisotopic (exact) mass is 542 g/mol. The summed E-state index contributed by atoms with van der Waals surface area (Å²) in [6, 6.07) is 17.1. The molecule has 0 aliphatic carbocycles. The van der Waals surface area contributed by atoms with E-state index >= 15 is 0 Å². The Kier molecular flexibility index (Phi) is 6.10. The maximum Gasteiger partial charge on any atom is 0.238 e. The Bertz CT molecular complexity index is 1130. The third-order valence-corrected chi connectivity index (χ3v) is 7.17. The first-order chi connectivity index (χ1) is 15.6. The van der Waals surface area contributed by atoms with E-state index < -0.39 is 0 Å². The van der Waals surface area contributed by atoms with Crippen LogP contribution in [-0.2, 0) is 11.3 Å². The zero-order valence-electron chi connectivity index (χ0n) is 17.6. The number of hydrogen-bond acceptors (Lipinski definition) is 4. The molecule has 32 heavy (non-hydrogen) atoms. The summed E-state index contributed by atoms with van der Waals surface area (Å²) in [5, 5.41) is 3.03. The Hall–Kier alpha value is -2.52. The van der Waals surface area contributed by atoms with Gasteiger partial charge in [0.1, 0.15) is 11.6 Å². The van der Waals surface area contributed by atoms with Crippen molar-refractivity contribution in [1.82, 2.24) is 9.88 Å². The number of halogens is 2. The molecule has 0 spiro atoms. The minimum absolute atomic E-state index is 0.0561. The predicted molar refractivity (Wildman–Crippen MR) is 133 cm³/mol. The number of nitrogens with one attached hydrogen (secondary N) is 1. The smallest absolute Gasteiger partial charge is 0.238 e. The van der Waals surface area contributed by atoms with Gasteiger partial charge in [0.25, 0.3) is 0 Å². The minimum atomic E-state index is -0.232. The molecule has 0 bridgehead atoms. The number of aromatic nitrogens is 1. The Morgan fingerprint density at radius 1 is 1.03 bits per heavy atom. The second-order valence-corrected chi connectivity index (χ2v) is 9.52. The van der Waals surface area contributed by atoms with Crippen molar-refractivity contribution in [2.45, 2.75) is 25.4 Å². The number of carbonyl (C=O) groups is 1. The molecule has 3 aromatic rings. The highest BCUT2D eigenvalue weighted by atomic mass is 127. The van der Waals surface area contributed by atoms with E-state index in [4.69, 9.17) is 0 Å². The minimum Gasteiger partial charge on any atom is -0.356 e. The number of nitrogens with zero attached hydrogens (tertiary/aromatic N) is 3. The number of anilines is 2. The van der Waals surface area contributed by atoms with Gasteiger partial charge in [0, 0.05) is 46.7 Å². The Morgan fingerprint density at radius 2 is 1.78 bits per heavy atom. The molecule has 2 aliphatic heterocycles. The summed E-state index contributed by atoms with van der Waals surface area (Å²) in [5.41, 5.74) is 4.15. The summed E-state index contributed by atoms with van der Waals surface area (Å²) in [4.78, 5) is 21.7. The Morgan fingerprint density at radius 3 is 2.56 bits per heavy atom. The van der Waals surface area contributed by atoms with Gasteiger partial charge >= 0.3 is 0 Å². The first-order valence-electron chi connectivity index (χ1n) is 10.8. The molecule has 1 amide bonds. The Labute approximate surface area is 200 Å². The molecule has 1 fully saturated rings. The average Bonchev–Trinajstić information content (AvgIpc) is 2.98. The first-order valence-corrected chi connectivity index (χ1v) is 11.9. The van der Waals surface area contributed by atoms with Gasteiger partial charge in [-0.1, -0.05) is 30.3 Å². The van der Waals surface area contributed by atoms with Gasteiger partial charge < -0.3 is 10.2 Å². The molecule has 0 radical (unpaired) electrons. The number of carbonyl (C=O) groups excluding carboxylic acids is 1. The van der Waals surface area contributed by atoms with Crippen molar-refractivity contribution >= 4 is 40.0 Å². The van der Waals surface area contributed by atoms with E-state index in [-0.39, 0.29) is 11.7 Å². The standard InChI is InChI=1S/C25H24FIN4O/c26-19-7-5-17(6-8-19)21-13-24(28-14-22(21)27)30-11-9-20(10-12-30)31-15-18-3-1-2-4-23(18)29-25(32)16-31/h1-8,13-14,20H,9-12,15-16H2,(H,29,32). The van der Waals surface area contributed by atoms with Crippen LogP contribution < -0.4 is 10.2 Å². The number of fused-ring (bicyclic) bond motifs is 1. The van der Waals surface area contributed by atoms with E-state index in [1.54, 1.807) is 0 Å². The molecule has 1 N–H and O–H groups in total. The van der Waals surface area contributed by atoms with E-state index in [0.29, 0.717) is 12.6 Å². The normalized spacial score (nSPS) is 17.6. The van der Waals surface area contributed by atoms with Crippen molar-refractivity contribution in [2.75, 3.05) is 29.9 Å². The fourth-order valence-corrected chi connectivity index (χ4v) is 5.20. The summed E-state index contributed by atoms with van der Waals surface area (Å²) < 4.78 is 14.4. The third-order valence-electron chi connectivity index (χ3n) is 6.31. The van der Waals surface area contributed by atoms with Crippen LogP contribution in [0.2, 0.25) is 0 Å². The van der Waals surface area contributed by atoms with Crippen molar-refractivity contribution in [2.24, 2.45) is 0 Å². The van der Waals surface area contributed by atoms with Crippen LogP contribution in [0.4, 0.5) is 15.9 Å². The Balaban J connectivity index is 1.29. The summed E-state index contributed by atoms with van der Waals surface area (Å²) in [6.45, 7) is 2.99. The second-order valence-electron chi connectivity index (χ2n) is 8.36. The topological polar surface area (TPSA) is 48.5 Å². The van der Waals surface area contributed by atoms with Crippen LogP contribution in [0.25, 0.3) is 11.1 Å². The predicted octanol–water partition coefficient (Wildman–Crippen LogP) is 4.92. The molecule has 0 unspecified atom stereocenters. The van der Waals surface area contributed by atoms with Gasteiger partial charge in [-0.25, -0.2) is 9.37 Å². The molecule has 7 heteroatoms. The van der Waals surface area contributed by atoms with Crippen LogP contribution >= 0.6 is 22.6 Å². The number of hydrogen-bond donors (Lipinski definition) is 1. The lowest BCUT2D eigenvalue weighted by Crippen LogP contribution is -2.46. The molecule has 2 aliphatic rings. The van der Waals surface area contributed by atoms with Crippen LogP contribution in [0.1, 0.15) is 18.4 Å². The number of rotatable bonds is 3. The zero-order valence-corrected chi connectivity index (χ0v) is 19.8. The van der Waals surface area contributed by atoms with Crippen molar-refractivity contribution in [3.8, 4) is 11.1 Å². The van der Waals surface area contributed by atoms with Gasteiger partial charge in [-0.05, 0) is 70.8 Å². The lowest BCUT2D eigenvalue weighted by molar-refractivity contribution is -0.117. The zero-order chi connectivity index (χ0) is 22.1.